The van der Waals surface area contributed by atoms with Crippen LogP contribution in [0.2, 0.25) is 39.3 Å². The van der Waals surface area contributed by atoms with E-state index in [1.54, 1.807) is 11.1 Å². The SMILES string of the molecule is CC1C/C(=C\[Si](C)(C)C)CC/C1=C\[Si](C)(C)C. The molecule has 0 aromatic heterocycles. The largest absolute Gasteiger partial charge is 0.0958 e. The van der Waals surface area contributed by atoms with Crippen molar-refractivity contribution < 1.29 is 0 Å². The quantitative estimate of drug-likeness (QED) is 0.586. The molecule has 2 heteroatoms. The molecule has 0 aromatic rings. The Hall–Kier alpha value is -0.0862. The van der Waals surface area contributed by atoms with Gasteiger partial charge < -0.3 is 0 Å². The van der Waals surface area contributed by atoms with E-state index < -0.39 is 16.1 Å². The summed E-state index contributed by atoms with van der Waals surface area (Å²) in [6.07, 6.45) is 3.97. The smallest absolute Gasteiger partial charge is 0.0686 e. The summed E-state index contributed by atoms with van der Waals surface area (Å²) in [7, 11) is -2.04. The fourth-order valence-corrected chi connectivity index (χ4v) is 5.72. The highest BCUT2D eigenvalue weighted by atomic mass is 28.3. The van der Waals surface area contributed by atoms with Crippen molar-refractivity contribution in [3.63, 3.8) is 0 Å². The molecule has 0 aliphatic heterocycles. The molecule has 0 nitrogen and oxygen atoms in total. The molecule has 1 rings (SSSR count). The van der Waals surface area contributed by atoms with Crippen molar-refractivity contribution >= 4 is 16.1 Å². The van der Waals surface area contributed by atoms with Crippen LogP contribution in [0.5, 0.6) is 0 Å². The molecule has 0 aromatic carbocycles. The average molecular weight is 267 g/mol. The molecule has 1 aliphatic rings. The second-order valence-electron chi connectivity index (χ2n) is 7.86. The molecule has 0 spiro atoms. The third kappa shape index (κ3) is 5.87. The van der Waals surface area contributed by atoms with Gasteiger partial charge in [-0.2, -0.15) is 0 Å². The van der Waals surface area contributed by atoms with Gasteiger partial charge in [0.15, 0.2) is 0 Å². The first-order valence-electron chi connectivity index (χ1n) is 6.99. The predicted molar refractivity (Wildman–Crippen MR) is 85.9 cm³/mol. The third-order valence-electron chi connectivity index (χ3n) is 3.19. The van der Waals surface area contributed by atoms with Crippen LogP contribution in [0.4, 0.5) is 0 Å². The third-order valence-corrected chi connectivity index (χ3v) is 5.70. The maximum atomic E-state index is 2.64. The Bertz CT molecular complexity index is 324. The van der Waals surface area contributed by atoms with Crippen molar-refractivity contribution in [1.29, 1.82) is 0 Å². The summed E-state index contributed by atoms with van der Waals surface area (Å²) >= 11 is 0. The molecule has 1 unspecified atom stereocenters. The lowest BCUT2D eigenvalue weighted by molar-refractivity contribution is 0.575. The Morgan fingerprint density at radius 1 is 0.882 bits per heavy atom. The molecule has 98 valence electrons. The molecular weight excluding hydrogens is 236 g/mol. The van der Waals surface area contributed by atoms with Crippen molar-refractivity contribution in [2.75, 3.05) is 0 Å². The summed E-state index contributed by atoms with van der Waals surface area (Å²) in [4.78, 5) is 0. The molecule has 1 saturated carbocycles. The number of hydrogen-bond donors (Lipinski definition) is 0. The van der Waals surface area contributed by atoms with Crippen molar-refractivity contribution in [3.8, 4) is 0 Å². The van der Waals surface area contributed by atoms with Gasteiger partial charge in [0.2, 0.25) is 0 Å². The van der Waals surface area contributed by atoms with Crippen LogP contribution in [0.15, 0.2) is 22.5 Å². The van der Waals surface area contributed by atoms with E-state index in [9.17, 15) is 0 Å². The molecule has 0 heterocycles. The maximum absolute atomic E-state index is 2.64. The van der Waals surface area contributed by atoms with Crippen molar-refractivity contribution in [1.82, 2.24) is 0 Å². The number of rotatable bonds is 2. The van der Waals surface area contributed by atoms with E-state index in [0.717, 1.165) is 5.92 Å². The van der Waals surface area contributed by atoms with E-state index >= 15 is 0 Å². The van der Waals surface area contributed by atoms with Crippen LogP contribution in [0.1, 0.15) is 26.2 Å². The zero-order chi connectivity index (χ0) is 13.3. The molecule has 1 atom stereocenters. The summed E-state index contributed by atoms with van der Waals surface area (Å²) in [6, 6.07) is 0. The van der Waals surface area contributed by atoms with E-state index in [0.29, 0.717) is 0 Å². The highest BCUT2D eigenvalue weighted by molar-refractivity contribution is 6.81. The topological polar surface area (TPSA) is 0 Å². The van der Waals surface area contributed by atoms with Crippen molar-refractivity contribution in [2.45, 2.75) is 65.5 Å². The second kappa shape index (κ2) is 5.27. The van der Waals surface area contributed by atoms with Crippen LogP contribution in [-0.2, 0) is 0 Å². The molecule has 0 N–H and O–H groups in total. The Kier molecular flexibility index (Phi) is 4.64. The van der Waals surface area contributed by atoms with E-state index in [2.05, 4.69) is 57.6 Å². The average Bonchev–Trinajstić information content (AvgIpc) is 2.05. The summed E-state index contributed by atoms with van der Waals surface area (Å²) in [5.74, 6) is 0.790. The summed E-state index contributed by atoms with van der Waals surface area (Å²) in [5, 5.41) is 0. The van der Waals surface area contributed by atoms with Crippen LogP contribution >= 0.6 is 0 Å². The van der Waals surface area contributed by atoms with Gasteiger partial charge in [-0.05, 0) is 25.2 Å². The maximum Gasteiger partial charge on any atom is 0.0686 e. The number of hydrogen-bond acceptors (Lipinski definition) is 0. The van der Waals surface area contributed by atoms with E-state index in [1.807, 2.05) is 0 Å². The Morgan fingerprint density at radius 3 is 1.82 bits per heavy atom. The molecule has 17 heavy (non-hydrogen) atoms. The minimum Gasteiger partial charge on any atom is -0.0958 e. The summed E-state index contributed by atoms with van der Waals surface area (Å²) in [5.41, 5.74) is 8.76. The van der Waals surface area contributed by atoms with E-state index in [1.165, 1.54) is 19.3 Å². The number of allylic oxidation sites excluding steroid dienone is 2. The molecule has 0 radical (unpaired) electrons. The second-order valence-corrected chi connectivity index (χ2v) is 17.9. The van der Waals surface area contributed by atoms with Crippen LogP contribution in [-0.4, -0.2) is 16.1 Å². The lowest BCUT2D eigenvalue weighted by Gasteiger charge is -2.28. The lowest BCUT2D eigenvalue weighted by Crippen LogP contribution is -2.22. The lowest BCUT2D eigenvalue weighted by atomic mass is 9.84. The van der Waals surface area contributed by atoms with Gasteiger partial charge in [-0.15, -0.1) is 0 Å². The highest BCUT2D eigenvalue weighted by Crippen LogP contribution is 2.34. The van der Waals surface area contributed by atoms with Gasteiger partial charge in [0.25, 0.3) is 0 Å². The monoisotopic (exact) mass is 266 g/mol. The zero-order valence-corrected chi connectivity index (χ0v) is 14.9. The predicted octanol–water partition coefficient (Wildman–Crippen LogP) is 5.41. The standard InChI is InChI=1S/C15H30Si2/c1-13-10-14(11-16(2,3)4)8-9-15(13)12-17(5,6)7/h11-13H,8-10H2,1-7H3/b14-11-,15-12+. The summed E-state index contributed by atoms with van der Waals surface area (Å²) < 4.78 is 0. The first-order chi connectivity index (χ1) is 7.57. The van der Waals surface area contributed by atoms with E-state index in [4.69, 9.17) is 0 Å². The Labute approximate surface area is 110 Å². The Balaban J connectivity index is 2.75. The molecular formula is C15H30Si2. The van der Waals surface area contributed by atoms with Gasteiger partial charge in [-0.3, -0.25) is 0 Å². The first kappa shape index (κ1) is 15.0. The molecule has 1 fully saturated rings. The van der Waals surface area contributed by atoms with Gasteiger partial charge >= 0.3 is 0 Å². The van der Waals surface area contributed by atoms with Gasteiger partial charge in [-0.1, -0.05) is 68.8 Å². The van der Waals surface area contributed by atoms with Crippen LogP contribution < -0.4 is 0 Å². The van der Waals surface area contributed by atoms with Gasteiger partial charge in [0.05, 0.1) is 16.1 Å². The summed E-state index contributed by atoms with van der Waals surface area (Å²) in [6.45, 7) is 17.1. The zero-order valence-electron chi connectivity index (χ0n) is 12.9. The minimum atomic E-state index is -1.03. The molecule has 0 bridgehead atoms. The fourth-order valence-electron chi connectivity index (χ4n) is 2.69. The normalized spacial score (nSPS) is 27.8. The Morgan fingerprint density at radius 2 is 1.41 bits per heavy atom. The van der Waals surface area contributed by atoms with Crippen LogP contribution in [0.25, 0.3) is 0 Å². The van der Waals surface area contributed by atoms with Crippen molar-refractivity contribution in [2.24, 2.45) is 5.92 Å². The van der Waals surface area contributed by atoms with Gasteiger partial charge in [0, 0.05) is 0 Å². The van der Waals surface area contributed by atoms with Crippen LogP contribution in [0.3, 0.4) is 0 Å². The van der Waals surface area contributed by atoms with Crippen molar-refractivity contribution in [3.05, 3.63) is 22.5 Å². The molecule has 0 saturated heterocycles. The van der Waals surface area contributed by atoms with Gasteiger partial charge in [0.1, 0.15) is 0 Å². The van der Waals surface area contributed by atoms with E-state index in [-0.39, 0.29) is 0 Å². The molecule has 0 amide bonds. The first-order valence-corrected chi connectivity index (χ1v) is 14.1. The molecule has 1 aliphatic carbocycles. The van der Waals surface area contributed by atoms with Crippen LogP contribution in [0, 0.1) is 5.92 Å². The highest BCUT2D eigenvalue weighted by Gasteiger charge is 2.22. The van der Waals surface area contributed by atoms with Gasteiger partial charge in [-0.25, -0.2) is 0 Å². The minimum absolute atomic E-state index is 0.790. The fraction of sp³-hybridized carbons (Fsp3) is 0.733.